The average molecular weight is 401 g/mol. The maximum atomic E-state index is 13.2. The van der Waals surface area contributed by atoms with Gasteiger partial charge in [-0.1, -0.05) is 0 Å². The SMILES string of the molecule is COCC[C@]1(OC)CC[C@@]2(CCN(c3ccc(OC(F)(F)F)cc3)C2=O)CC1. The van der Waals surface area contributed by atoms with Crippen molar-refractivity contribution < 1.29 is 32.2 Å². The molecule has 1 aliphatic heterocycles. The molecular formula is C20H26F3NO4. The summed E-state index contributed by atoms with van der Waals surface area (Å²) in [7, 11) is 3.37. The van der Waals surface area contributed by atoms with Crippen molar-refractivity contribution in [3.8, 4) is 5.75 Å². The fourth-order valence-corrected chi connectivity index (χ4v) is 4.39. The molecule has 28 heavy (non-hydrogen) atoms. The molecule has 1 saturated heterocycles. The summed E-state index contributed by atoms with van der Waals surface area (Å²) in [4.78, 5) is 14.8. The van der Waals surface area contributed by atoms with Crippen molar-refractivity contribution in [3.05, 3.63) is 24.3 Å². The second-order valence-corrected chi connectivity index (χ2v) is 7.66. The Bertz CT molecular complexity index is 682. The Labute approximate surface area is 162 Å². The van der Waals surface area contributed by atoms with E-state index in [1.807, 2.05) is 0 Å². The molecule has 0 unspecified atom stereocenters. The quantitative estimate of drug-likeness (QED) is 0.713. The summed E-state index contributed by atoms with van der Waals surface area (Å²) in [6.07, 6.45) is -0.0981. The number of ether oxygens (including phenoxy) is 3. The van der Waals surface area contributed by atoms with Crippen LogP contribution < -0.4 is 9.64 Å². The highest BCUT2D eigenvalue weighted by Crippen LogP contribution is 2.50. The Hall–Kier alpha value is -1.80. The number of benzene rings is 1. The minimum Gasteiger partial charge on any atom is -0.406 e. The molecule has 1 aromatic rings. The molecule has 2 aliphatic rings. The third-order valence-corrected chi connectivity index (χ3v) is 6.21. The zero-order chi connectivity index (χ0) is 20.4. The van der Waals surface area contributed by atoms with Crippen molar-refractivity contribution in [3.63, 3.8) is 0 Å². The van der Waals surface area contributed by atoms with Gasteiger partial charge in [0.25, 0.3) is 0 Å². The summed E-state index contributed by atoms with van der Waals surface area (Å²) in [6, 6.07) is 5.48. The molecule has 0 atom stereocenters. The minimum absolute atomic E-state index is 0.0495. The van der Waals surface area contributed by atoms with Crippen LogP contribution in [0.15, 0.2) is 24.3 Å². The molecule has 8 heteroatoms. The summed E-state index contributed by atoms with van der Waals surface area (Å²) in [5.74, 6) is -0.244. The number of methoxy groups -OCH3 is 2. The predicted octanol–water partition coefficient (Wildman–Crippen LogP) is 4.30. The average Bonchev–Trinajstić information content (AvgIpc) is 2.98. The van der Waals surface area contributed by atoms with E-state index in [1.54, 1.807) is 19.1 Å². The number of halogens is 3. The highest BCUT2D eigenvalue weighted by Gasteiger charge is 2.52. The third-order valence-electron chi connectivity index (χ3n) is 6.21. The maximum Gasteiger partial charge on any atom is 0.573 e. The van der Waals surface area contributed by atoms with E-state index < -0.39 is 11.8 Å². The first-order chi connectivity index (χ1) is 13.2. The fraction of sp³-hybridized carbons (Fsp3) is 0.650. The molecule has 0 radical (unpaired) electrons. The Morgan fingerprint density at radius 2 is 1.68 bits per heavy atom. The lowest BCUT2D eigenvalue weighted by atomic mass is 9.67. The number of rotatable bonds is 6. The number of carbonyl (C=O) groups excluding carboxylic acids is 1. The molecule has 0 bridgehead atoms. The molecule has 0 aromatic heterocycles. The van der Waals surface area contributed by atoms with Crippen molar-refractivity contribution in [1.29, 1.82) is 0 Å². The van der Waals surface area contributed by atoms with Gasteiger partial charge in [-0.25, -0.2) is 0 Å². The number of anilines is 1. The van der Waals surface area contributed by atoms with Gasteiger partial charge in [0, 0.05) is 33.1 Å². The molecule has 1 amide bonds. The molecule has 5 nitrogen and oxygen atoms in total. The van der Waals surface area contributed by atoms with Crippen LogP contribution >= 0.6 is 0 Å². The third kappa shape index (κ3) is 4.27. The smallest absolute Gasteiger partial charge is 0.406 e. The summed E-state index contributed by atoms with van der Waals surface area (Å²) in [5, 5.41) is 0. The lowest BCUT2D eigenvalue weighted by Crippen LogP contribution is -2.45. The zero-order valence-electron chi connectivity index (χ0n) is 16.2. The van der Waals surface area contributed by atoms with Crippen LogP contribution in [0.25, 0.3) is 0 Å². The van der Waals surface area contributed by atoms with Gasteiger partial charge in [0.1, 0.15) is 5.75 Å². The first-order valence-electron chi connectivity index (χ1n) is 9.44. The minimum atomic E-state index is -4.73. The highest BCUT2D eigenvalue weighted by atomic mass is 19.4. The summed E-state index contributed by atoms with van der Waals surface area (Å²) in [5.41, 5.74) is -0.0544. The lowest BCUT2D eigenvalue weighted by molar-refractivity contribution is -0.274. The number of nitrogens with zero attached hydrogens (tertiary/aromatic N) is 1. The number of amides is 1. The van der Waals surface area contributed by atoms with Crippen LogP contribution in [0.2, 0.25) is 0 Å². The van der Waals surface area contributed by atoms with Crippen molar-refractivity contribution in [1.82, 2.24) is 0 Å². The van der Waals surface area contributed by atoms with Gasteiger partial charge in [-0.2, -0.15) is 0 Å². The number of hydrogen-bond acceptors (Lipinski definition) is 4. The number of alkyl halides is 3. The van der Waals surface area contributed by atoms with Gasteiger partial charge in [0.05, 0.1) is 11.0 Å². The van der Waals surface area contributed by atoms with Crippen LogP contribution in [0, 0.1) is 5.41 Å². The summed E-state index contributed by atoms with van der Waals surface area (Å²) < 4.78 is 51.8. The van der Waals surface area contributed by atoms with Gasteiger partial charge in [-0.3, -0.25) is 4.79 Å². The topological polar surface area (TPSA) is 48.0 Å². The van der Waals surface area contributed by atoms with Gasteiger partial charge in [-0.15, -0.1) is 13.2 Å². The Morgan fingerprint density at radius 1 is 1.04 bits per heavy atom. The lowest BCUT2D eigenvalue weighted by Gasteiger charge is -2.43. The van der Waals surface area contributed by atoms with Gasteiger partial charge < -0.3 is 19.1 Å². The molecule has 3 rings (SSSR count). The van der Waals surface area contributed by atoms with E-state index in [1.165, 1.54) is 24.3 Å². The molecule has 156 valence electrons. The monoisotopic (exact) mass is 401 g/mol. The van der Waals surface area contributed by atoms with Gasteiger partial charge in [-0.05, 0) is 62.8 Å². The zero-order valence-corrected chi connectivity index (χ0v) is 16.2. The molecule has 1 heterocycles. The first-order valence-corrected chi connectivity index (χ1v) is 9.44. The van der Waals surface area contributed by atoms with Crippen molar-refractivity contribution >= 4 is 11.6 Å². The van der Waals surface area contributed by atoms with E-state index in [0.717, 1.165) is 38.5 Å². The molecule has 1 spiro atoms. The molecular weight excluding hydrogens is 375 g/mol. The summed E-state index contributed by atoms with van der Waals surface area (Å²) >= 11 is 0. The maximum absolute atomic E-state index is 13.2. The number of carbonyl (C=O) groups is 1. The van der Waals surface area contributed by atoms with Crippen molar-refractivity contribution in [2.45, 2.75) is 50.5 Å². The van der Waals surface area contributed by atoms with Crippen LogP contribution in [-0.4, -0.2) is 45.2 Å². The Morgan fingerprint density at radius 3 is 2.21 bits per heavy atom. The molecule has 2 fully saturated rings. The molecule has 1 saturated carbocycles. The van der Waals surface area contributed by atoms with E-state index in [2.05, 4.69) is 4.74 Å². The first kappa shape index (κ1) is 20.9. The Kier molecular flexibility index (Phi) is 5.91. The fourth-order valence-electron chi connectivity index (χ4n) is 4.39. The molecule has 1 aliphatic carbocycles. The van der Waals surface area contributed by atoms with Gasteiger partial charge in [0.15, 0.2) is 0 Å². The van der Waals surface area contributed by atoms with Gasteiger partial charge in [0.2, 0.25) is 5.91 Å². The molecule has 0 N–H and O–H groups in total. The number of hydrogen-bond donors (Lipinski definition) is 0. The second kappa shape index (κ2) is 7.91. The van der Waals surface area contributed by atoms with Crippen LogP contribution in [0.5, 0.6) is 5.75 Å². The van der Waals surface area contributed by atoms with Crippen LogP contribution in [-0.2, 0) is 14.3 Å². The second-order valence-electron chi connectivity index (χ2n) is 7.66. The van der Waals surface area contributed by atoms with Crippen LogP contribution in [0.3, 0.4) is 0 Å². The van der Waals surface area contributed by atoms with Crippen LogP contribution in [0.1, 0.15) is 38.5 Å². The molecule has 1 aromatic carbocycles. The highest BCUT2D eigenvalue weighted by molar-refractivity contribution is 6.00. The summed E-state index contributed by atoms with van der Waals surface area (Å²) in [6.45, 7) is 1.18. The van der Waals surface area contributed by atoms with Crippen LogP contribution in [0.4, 0.5) is 18.9 Å². The van der Waals surface area contributed by atoms with E-state index in [-0.39, 0.29) is 17.3 Å². The largest absolute Gasteiger partial charge is 0.573 e. The van der Waals surface area contributed by atoms with Gasteiger partial charge >= 0.3 is 6.36 Å². The Balaban J connectivity index is 1.67. The normalized spacial score (nSPS) is 28.2. The van der Waals surface area contributed by atoms with E-state index in [0.29, 0.717) is 18.8 Å². The standard InChI is InChI=1S/C20H26F3NO4/c1-26-14-12-19(27-2)9-7-18(8-10-19)11-13-24(17(18)25)15-3-5-16(6-4-15)28-20(21,22)23/h3-6H,7-14H2,1-2H3/t18-,19-. The van der Waals surface area contributed by atoms with E-state index >= 15 is 0 Å². The van der Waals surface area contributed by atoms with Crippen molar-refractivity contribution in [2.24, 2.45) is 5.41 Å². The van der Waals surface area contributed by atoms with E-state index in [4.69, 9.17) is 9.47 Å². The van der Waals surface area contributed by atoms with E-state index in [9.17, 15) is 18.0 Å². The predicted molar refractivity (Wildman–Crippen MR) is 97.2 cm³/mol. The van der Waals surface area contributed by atoms with Crippen molar-refractivity contribution in [2.75, 3.05) is 32.3 Å².